The van der Waals surface area contributed by atoms with Crippen molar-refractivity contribution >= 4 is 144 Å². The Morgan fingerprint density at radius 2 is 0.562 bits per heavy atom. The van der Waals surface area contributed by atoms with Gasteiger partial charge in [0.15, 0.2) is 23.1 Å². The number of benzene rings is 8. The predicted octanol–water partition coefficient (Wildman–Crippen LogP) is 18.4. The van der Waals surface area contributed by atoms with Gasteiger partial charge in [0.2, 0.25) is 0 Å². The maximum atomic E-state index is 13.0. The van der Waals surface area contributed by atoms with Crippen molar-refractivity contribution in [3.63, 3.8) is 0 Å². The van der Waals surface area contributed by atoms with Gasteiger partial charge in [0, 0.05) is 176 Å². The normalized spacial score (nSPS) is 12.9. The van der Waals surface area contributed by atoms with Crippen LogP contribution >= 0.6 is 50.7 Å². The Labute approximate surface area is 768 Å². The number of hydrogen-bond acceptors (Lipinski definition) is 20. The van der Waals surface area contributed by atoms with Gasteiger partial charge in [-0.15, -0.1) is 0 Å². The summed E-state index contributed by atoms with van der Waals surface area (Å²) < 4.78 is 0.828. The molecule has 4 amide bonds. The highest BCUT2D eigenvalue weighted by molar-refractivity contribution is 9.10. The molecular formula is C100H96BrCl3N16O8. The number of amidine groups is 4. The molecule has 0 fully saturated rings. The van der Waals surface area contributed by atoms with Gasteiger partial charge < -0.3 is 40.9 Å². The summed E-state index contributed by atoms with van der Waals surface area (Å²) in [6.07, 6.45) is 6.52. The second-order valence-corrected chi connectivity index (χ2v) is 32.3. The van der Waals surface area contributed by atoms with Crippen LogP contribution in [0.5, 0.6) is 0 Å². The van der Waals surface area contributed by atoms with E-state index in [9.17, 15) is 38.4 Å². The monoisotopic (exact) mass is 1830 g/mol. The molecule has 0 saturated carbocycles. The lowest BCUT2D eigenvalue weighted by molar-refractivity contribution is 0.0980. The molecule has 4 aliphatic rings. The number of ketones is 4. The van der Waals surface area contributed by atoms with Gasteiger partial charge >= 0.3 is 0 Å². The molecule has 8 heterocycles. The van der Waals surface area contributed by atoms with Crippen LogP contribution in [0.25, 0.3) is 0 Å². The lowest BCUT2D eigenvalue weighted by Gasteiger charge is -2.14. The second kappa shape index (κ2) is 44.8. The molecule has 0 unspecified atom stereocenters. The molecule has 8 aromatic carbocycles. The van der Waals surface area contributed by atoms with E-state index in [1.54, 1.807) is 103 Å². The lowest BCUT2D eigenvalue weighted by Crippen LogP contribution is -2.23. The number of Topliss-reactive ketones (excluding diaryl/α,β-unsaturated/α-hetero) is 4. The number of rotatable bonds is 24. The number of carbonyl (C=O) groups excluding carboxylic acids is 8. The number of likely N-dealkylation sites (N-methyl/N-ethyl adjacent to an activating group) is 4. The fourth-order valence-corrected chi connectivity index (χ4v) is 14.7. The SMILES string of the molecule is C.C.CN1CCN=C1c1ccc(C(=O)Cc2ccccc2C(=O)Nc2ccc(Br)cn2)cc1.CN1CCN=C1c1ccc(C(=O)Cc2ccccc2C(=O)Nc2ccc(Cl)cn2)cc1.Cc1ccc(CC(=O)c2ccc(C3=NCCN3C)cc2)c(C(=O)Nc2ccc(Cl)cn2)c1.Cc1ccc(CC(=O)c2ccc(C3=NCCN3C)cc2)c(C(=O)Nc2ccc(Cl)cn2)c1. The number of nitrogens with one attached hydrogen (secondary N) is 4. The van der Waals surface area contributed by atoms with Crippen LogP contribution in [0.1, 0.15) is 153 Å². The van der Waals surface area contributed by atoms with E-state index in [1.165, 1.54) is 18.6 Å². The van der Waals surface area contributed by atoms with Crippen LogP contribution in [0.3, 0.4) is 0 Å². The minimum atomic E-state index is -0.323. The van der Waals surface area contributed by atoms with Gasteiger partial charge in [-0.3, -0.25) is 58.3 Å². The smallest absolute Gasteiger partial charge is 0.257 e. The summed E-state index contributed by atoms with van der Waals surface area (Å²) in [5, 5.41) is 12.5. The lowest BCUT2D eigenvalue weighted by atomic mass is 9.96. The van der Waals surface area contributed by atoms with E-state index in [0.717, 1.165) is 114 Å². The number of nitrogens with zero attached hydrogens (tertiary/aromatic N) is 12. The molecule has 128 heavy (non-hydrogen) atoms. The third kappa shape index (κ3) is 25.3. The summed E-state index contributed by atoms with van der Waals surface area (Å²) in [5.41, 5.74) is 12.7. The summed E-state index contributed by atoms with van der Waals surface area (Å²) in [6.45, 7) is 10.6. The summed E-state index contributed by atoms with van der Waals surface area (Å²) in [7, 11) is 8.03. The molecule has 0 atom stereocenters. The number of pyridine rings is 4. The van der Waals surface area contributed by atoms with Crippen molar-refractivity contribution in [1.29, 1.82) is 0 Å². The third-order valence-corrected chi connectivity index (χ3v) is 22.1. The minimum absolute atomic E-state index is 0. The van der Waals surface area contributed by atoms with E-state index in [4.69, 9.17) is 34.8 Å². The number of amides is 4. The zero-order valence-corrected chi connectivity index (χ0v) is 73.7. The topological polar surface area (TPSA) is 299 Å². The summed E-state index contributed by atoms with van der Waals surface area (Å²) >= 11 is 20.9. The van der Waals surface area contributed by atoms with Crippen LogP contribution in [-0.2, 0) is 25.7 Å². The molecule has 24 nitrogen and oxygen atoms in total. The first-order valence-corrected chi connectivity index (χ1v) is 42.4. The third-order valence-electron chi connectivity index (χ3n) is 20.9. The van der Waals surface area contributed by atoms with Crippen molar-refractivity contribution < 1.29 is 38.4 Å². The van der Waals surface area contributed by atoms with Crippen LogP contribution in [0.15, 0.2) is 280 Å². The molecule has 16 rings (SSSR count). The van der Waals surface area contributed by atoms with E-state index in [1.807, 2.05) is 175 Å². The van der Waals surface area contributed by atoms with Gasteiger partial charge in [-0.1, -0.05) is 219 Å². The van der Waals surface area contributed by atoms with Gasteiger partial charge in [-0.25, -0.2) is 19.9 Å². The maximum absolute atomic E-state index is 13.0. The molecule has 0 saturated heterocycles. The summed E-state index contributed by atoms with van der Waals surface area (Å²) in [6, 6.07) is 68.5. The highest BCUT2D eigenvalue weighted by Gasteiger charge is 2.25. The Morgan fingerprint density at radius 3 is 0.805 bits per heavy atom. The van der Waals surface area contributed by atoms with Crippen LogP contribution < -0.4 is 21.3 Å². The van der Waals surface area contributed by atoms with Gasteiger partial charge in [0.05, 0.1) is 41.2 Å². The number of halogens is 4. The molecule has 0 aliphatic carbocycles. The molecule has 0 spiro atoms. The number of hydrogen-bond donors (Lipinski definition) is 4. The first kappa shape index (κ1) is 94.8. The van der Waals surface area contributed by atoms with Crippen LogP contribution in [0.2, 0.25) is 15.1 Å². The van der Waals surface area contributed by atoms with E-state index in [0.29, 0.717) is 105 Å². The standard InChI is InChI=1S/2C25H23ClN4O2.C24H21BrN4O2.C24H21ClN4O2.2CH4/c2*1-16-3-4-19(21(13-16)25(32)29-23-10-9-20(26)15-28-23)14-22(31)17-5-7-18(8-6-17)24-27-11-12-30(24)2;2*1-29-13-12-26-23(29)17-8-6-16(7-9-17)21(30)14-18-4-2-3-5-20(18)24(31)28-22-11-10-19(25)15-27-22;;/h2*3-10,13,15H,11-12,14H2,1-2H3,(H,28,29,32);2*2-11,15H,12-14H2,1H3,(H,27,28,31);2*1H4. The molecule has 4 N–H and O–H groups in total. The number of anilines is 4. The fourth-order valence-electron chi connectivity index (χ4n) is 14.1. The molecule has 652 valence electrons. The van der Waals surface area contributed by atoms with Crippen molar-refractivity contribution in [3.05, 3.63) is 375 Å². The Balaban J connectivity index is 0.000000164. The van der Waals surface area contributed by atoms with Gasteiger partial charge in [0.25, 0.3) is 23.6 Å². The first-order chi connectivity index (χ1) is 60.8. The van der Waals surface area contributed by atoms with Crippen molar-refractivity contribution in [2.45, 2.75) is 54.4 Å². The highest BCUT2D eigenvalue weighted by Crippen LogP contribution is 2.26. The molecule has 12 aromatic rings. The van der Waals surface area contributed by atoms with Crippen LogP contribution in [-0.4, -0.2) is 190 Å². The Hall–Kier alpha value is -13.9. The fraction of sp³-hybridized carbons (Fsp3) is 0.200. The van der Waals surface area contributed by atoms with Crippen molar-refractivity contribution in [3.8, 4) is 0 Å². The van der Waals surface area contributed by atoms with Crippen LogP contribution in [0, 0.1) is 13.8 Å². The Bertz CT molecular complexity index is 5790. The maximum Gasteiger partial charge on any atom is 0.257 e. The molecule has 4 aliphatic heterocycles. The number of aryl methyl sites for hydroxylation is 2. The van der Waals surface area contributed by atoms with Crippen molar-refractivity contribution in [1.82, 2.24) is 39.5 Å². The van der Waals surface area contributed by atoms with Crippen LogP contribution in [0.4, 0.5) is 23.3 Å². The second-order valence-electron chi connectivity index (χ2n) is 30.1. The zero-order chi connectivity index (χ0) is 88.9. The zero-order valence-electron chi connectivity index (χ0n) is 69.9. The summed E-state index contributed by atoms with van der Waals surface area (Å²) in [5.74, 6) is 3.95. The molecule has 4 aromatic heterocycles. The molecular weight excluding hydrogens is 1740 g/mol. The Kier molecular flexibility index (Phi) is 33.2. The van der Waals surface area contributed by atoms with E-state index in [-0.39, 0.29) is 87.3 Å². The molecule has 0 radical (unpaired) electrons. The van der Waals surface area contributed by atoms with Crippen molar-refractivity contribution in [2.75, 3.05) is 102 Å². The minimum Gasteiger partial charge on any atom is -0.358 e. The first-order valence-electron chi connectivity index (χ1n) is 40.5. The van der Waals surface area contributed by atoms with Gasteiger partial charge in [0.1, 0.15) is 46.6 Å². The van der Waals surface area contributed by atoms with E-state index < -0.39 is 0 Å². The highest BCUT2D eigenvalue weighted by atomic mass is 79.9. The van der Waals surface area contributed by atoms with E-state index in [2.05, 4.69) is 96.7 Å². The average molecular weight is 1840 g/mol. The number of aliphatic imine (C=N–C) groups is 4. The predicted molar refractivity (Wildman–Crippen MR) is 514 cm³/mol. The van der Waals surface area contributed by atoms with E-state index >= 15 is 0 Å². The average Bonchev–Trinajstić information content (AvgIpc) is 1.16. The molecule has 28 heteroatoms. The number of aromatic nitrogens is 4. The summed E-state index contributed by atoms with van der Waals surface area (Å²) in [4.78, 5) is 146. The molecule has 0 bridgehead atoms. The Morgan fingerprint density at radius 1 is 0.312 bits per heavy atom. The quantitative estimate of drug-likeness (QED) is 0.0409. The van der Waals surface area contributed by atoms with Gasteiger partial charge in [-0.05, 0) is 125 Å². The largest absolute Gasteiger partial charge is 0.358 e. The van der Waals surface area contributed by atoms with Gasteiger partial charge in [-0.2, -0.15) is 0 Å². The number of carbonyl (C=O) groups is 8. The van der Waals surface area contributed by atoms with Crippen molar-refractivity contribution in [2.24, 2.45) is 20.0 Å².